The molecule has 0 amide bonds. The second-order valence-corrected chi connectivity index (χ2v) is 6.14. The fraction of sp³-hybridized carbons (Fsp3) is 0.0476. The van der Waals surface area contributed by atoms with E-state index in [1.165, 1.54) is 24.4 Å². The fourth-order valence-corrected chi connectivity index (χ4v) is 3.05. The zero-order chi connectivity index (χ0) is 19.7. The van der Waals surface area contributed by atoms with Gasteiger partial charge in [0.2, 0.25) is 0 Å². The molecule has 4 rings (SSSR count). The largest absolute Gasteiger partial charge is 0.573 e. The van der Waals surface area contributed by atoms with Gasteiger partial charge in [0.05, 0.1) is 0 Å². The summed E-state index contributed by atoms with van der Waals surface area (Å²) in [5, 5.41) is 1.91. The van der Waals surface area contributed by atoms with Gasteiger partial charge in [-0.05, 0) is 29.1 Å². The third-order valence-corrected chi connectivity index (χ3v) is 4.28. The molecule has 28 heavy (non-hydrogen) atoms. The first-order valence-electron chi connectivity index (χ1n) is 8.35. The Morgan fingerprint density at radius 3 is 2.46 bits per heavy atom. The Balaban J connectivity index is 1.81. The average molecular weight is 381 g/mol. The highest BCUT2D eigenvalue weighted by atomic mass is 19.4. The van der Waals surface area contributed by atoms with Crippen LogP contribution in [0.2, 0.25) is 0 Å². The van der Waals surface area contributed by atoms with Gasteiger partial charge in [-0.2, -0.15) is 0 Å². The van der Waals surface area contributed by atoms with E-state index in [0.29, 0.717) is 22.5 Å². The lowest BCUT2D eigenvalue weighted by molar-refractivity contribution is -0.274. The van der Waals surface area contributed by atoms with Crippen LogP contribution in [-0.2, 0) is 0 Å². The van der Waals surface area contributed by atoms with Crippen molar-refractivity contribution in [3.05, 3.63) is 73.2 Å². The highest BCUT2D eigenvalue weighted by Crippen LogP contribution is 2.34. The fourth-order valence-electron chi connectivity index (χ4n) is 3.05. The van der Waals surface area contributed by atoms with Gasteiger partial charge < -0.3 is 10.5 Å². The molecular weight excluding hydrogens is 367 g/mol. The summed E-state index contributed by atoms with van der Waals surface area (Å²) in [6.07, 6.45) is 0.217. The number of pyridine rings is 2. The summed E-state index contributed by atoms with van der Waals surface area (Å²) < 4.78 is 41.5. The van der Waals surface area contributed by atoms with Gasteiger partial charge in [-0.15, -0.1) is 13.2 Å². The second-order valence-electron chi connectivity index (χ2n) is 6.14. The molecule has 140 valence electrons. The molecule has 2 heterocycles. The monoisotopic (exact) mass is 381 g/mol. The van der Waals surface area contributed by atoms with E-state index in [2.05, 4.69) is 14.7 Å². The van der Waals surface area contributed by atoms with E-state index < -0.39 is 6.36 Å². The molecule has 2 N–H and O–H groups in total. The van der Waals surface area contributed by atoms with Gasteiger partial charge in [0.1, 0.15) is 11.6 Å². The molecule has 0 radical (unpaired) electrons. The third-order valence-electron chi connectivity index (χ3n) is 4.28. The van der Waals surface area contributed by atoms with Crippen molar-refractivity contribution in [2.24, 2.45) is 0 Å². The molecule has 0 atom stereocenters. The Kier molecular flexibility index (Phi) is 4.35. The Morgan fingerprint density at radius 2 is 1.64 bits per heavy atom. The molecule has 0 saturated heterocycles. The Bertz CT molecular complexity index is 1150. The van der Waals surface area contributed by atoms with Gasteiger partial charge in [-0.25, -0.2) is 4.98 Å². The minimum atomic E-state index is -4.75. The van der Waals surface area contributed by atoms with Gasteiger partial charge in [-0.3, -0.25) is 4.98 Å². The first kappa shape index (κ1) is 17.8. The summed E-state index contributed by atoms with van der Waals surface area (Å²) in [4.78, 5) is 8.49. The lowest BCUT2D eigenvalue weighted by atomic mass is 9.98. The summed E-state index contributed by atoms with van der Waals surface area (Å²) >= 11 is 0. The number of fused-ring (bicyclic) bond motifs is 1. The highest BCUT2D eigenvalue weighted by molar-refractivity contribution is 5.98. The Hall–Kier alpha value is -3.61. The number of hydrogen-bond donors (Lipinski definition) is 1. The van der Waals surface area contributed by atoms with Gasteiger partial charge in [0.25, 0.3) is 0 Å². The van der Waals surface area contributed by atoms with E-state index in [-0.39, 0.29) is 5.75 Å². The zero-order valence-corrected chi connectivity index (χ0v) is 14.4. The standard InChI is InChI=1S/C21H14F3N3O/c22-21(23,24)28-16-6-3-5-13(8-16)15-9-18(20(25)27-11-15)19-12-26-10-14-4-1-2-7-17(14)19/h1-12H,(H2,25,27). The van der Waals surface area contributed by atoms with Gasteiger partial charge in [0, 0.05) is 40.7 Å². The molecule has 4 aromatic rings. The summed E-state index contributed by atoms with van der Waals surface area (Å²) in [5.41, 5.74) is 8.69. The Labute approximate surface area is 158 Å². The lowest BCUT2D eigenvalue weighted by Gasteiger charge is -2.12. The van der Waals surface area contributed by atoms with Crippen LogP contribution >= 0.6 is 0 Å². The predicted octanol–water partition coefficient (Wildman–Crippen LogP) is 5.44. The zero-order valence-electron chi connectivity index (χ0n) is 14.4. The van der Waals surface area contributed by atoms with Crippen LogP contribution in [0.5, 0.6) is 5.75 Å². The van der Waals surface area contributed by atoms with E-state index in [9.17, 15) is 13.2 Å². The van der Waals surface area contributed by atoms with E-state index in [1.807, 2.05) is 24.3 Å². The number of benzene rings is 2. The molecular formula is C21H14F3N3O. The van der Waals surface area contributed by atoms with Crippen molar-refractivity contribution in [1.29, 1.82) is 0 Å². The number of anilines is 1. The lowest BCUT2D eigenvalue weighted by Crippen LogP contribution is -2.17. The van der Waals surface area contributed by atoms with Gasteiger partial charge in [0.15, 0.2) is 0 Å². The minimum Gasteiger partial charge on any atom is -0.406 e. The minimum absolute atomic E-state index is 0.296. The molecule has 0 saturated carbocycles. The van der Waals surface area contributed by atoms with E-state index in [0.717, 1.165) is 16.3 Å². The van der Waals surface area contributed by atoms with Crippen molar-refractivity contribution < 1.29 is 17.9 Å². The summed E-state index contributed by atoms with van der Waals surface area (Å²) in [5.74, 6) is 0.0137. The third kappa shape index (κ3) is 3.59. The van der Waals surface area contributed by atoms with Crippen LogP contribution in [0.4, 0.5) is 19.0 Å². The number of ether oxygens (including phenoxy) is 1. The van der Waals surface area contributed by atoms with Crippen molar-refractivity contribution in [2.45, 2.75) is 6.36 Å². The van der Waals surface area contributed by atoms with Gasteiger partial charge >= 0.3 is 6.36 Å². The topological polar surface area (TPSA) is 61.0 Å². The number of halogens is 3. The summed E-state index contributed by atoms with van der Waals surface area (Å²) in [7, 11) is 0. The molecule has 0 unspecified atom stereocenters. The normalized spacial score (nSPS) is 11.5. The van der Waals surface area contributed by atoms with Gasteiger partial charge in [-0.1, -0.05) is 36.4 Å². The maximum atomic E-state index is 12.5. The van der Waals surface area contributed by atoms with Crippen LogP contribution < -0.4 is 10.5 Å². The summed E-state index contributed by atoms with van der Waals surface area (Å²) in [6.45, 7) is 0. The highest BCUT2D eigenvalue weighted by Gasteiger charge is 2.31. The maximum absolute atomic E-state index is 12.5. The summed E-state index contributed by atoms with van der Waals surface area (Å²) in [6, 6.07) is 15.2. The molecule has 4 nitrogen and oxygen atoms in total. The van der Waals surface area contributed by atoms with Crippen molar-refractivity contribution in [1.82, 2.24) is 9.97 Å². The first-order valence-corrected chi connectivity index (χ1v) is 8.35. The van der Waals surface area contributed by atoms with Crippen LogP contribution in [0.15, 0.2) is 73.2 Å². The molecule has 0 aliphatic carbocycles. The predicted molar refractivity (Wildman–Crippen MR) is 102 cm³/mol. The number of nitrogens with zero attached hydrogens (tertiary/aromatic N) is 2. The smallest absolute Gasteiger partial charge is 0.406 e. The molecule has 7 heteroatoms. The van der Waals surface area contributed by atoms with Crippen molar-refractivity contribution in [3.63, 3.8) is 0 Å². The first-order chi connectivity index (χ1) is 13.4. The van der Waals surface area contributed by atoms with E-state index in [1.54, 1.807) is 24.5 Å². The number of nitrogen functional groups attached to an aromatic ring is 1. The molecule has 0 bridgehead atoms. The second kappa shape index (κ2) is 6.84. The van der Waals surface area contributed by atoms with Crippen LogP contribution in [-0.4, -0.2) is 16.3 Å². The van der Waals surface area contributed by atoms with Crippen LogP contribution in [0, 0.1) is 0 Å². The molecule has 2 aromatic carbocycles. The number of hydrogen-bond acceptors (Lipinski definition) is 4. The quantitative estimate of drug-likeness (QED) is 0.513. The van der Waals surface area contributed by atoms with Crippen LogP contribution in [0.3, 0.4) is 0 Å². The number of alkyl halides is 3. The molecule has 2 aromatic heterocycles. The number of rotatable bonds is 3. The Morgan fingerprint density at radius 1 is 0.821 bits per heavy atom. The number of aromatic nitrogens is 2. The van der Waals surface area contributed by atoms with Crippen molar-refractivity contribution >= 4 is 16.6 Å². The van der Waals surface area contributed by atoms with Crippen LogP contribution in [0.25, 0.3) is 33.0 Å². The van der Waals surface area contributed by atoms with Crippen molar-refractivity contribution in [2.75, 3.05) is 5.73 Å². The number of nitrogens with two attached hydrogens (primary N) is 1. The van der Waals surface area contributed by atoms with Crippen molar-refractivity contribution in [3.8, 4) is 28.0 Å². The molecule has 0 aliphatic heterocycles. The molecule has 0 fully saturated rings. The molecule has 0 spiro atoms. The van der Waals surface area contributed by atoms with E-state index >= 15 is 0 Å². The van der Waals surface area contributed by atoms with E-state index in [4.69, 9.17) is 5.73 Å². The average Bonchev–Trinajstić information content (AvgIpc) is 2.67. The SMILES string of the molecule is Nc1ncc(-c2cccc(OC(F)(F)F)c2)cc1-c1cncc2ccccc12. The maximum Gasteiger partial charge on any atom is 0.573 e. The molecule has 0 aliphatic rings. The van der Waals surface area contributed by atoms with Crippen LogP contribution in [0.1, 0.15) is 0 Å².